The zero-order valence-electron chi connectivity index (χ0n) is 17.7. The molecule has 0 spiro atoms. The minimum atomic E-state index is -0.346. The Morgan fingerprint density at radius 3 is 2.71 bits per heavy atom. The molecule has 4 heteroatoms. The lowest BCUT2D eigenvalue weighted by atomic mass is 9.79. The fourth-order valence-corrected chi connectivity index (χ4v) is 4.33. The molecule has 0 saturated heterocycles. The van der Waals surface area contributed by atoms with E-state index in [0.29, 0.717) is 11.5 Å². The molecule has 2 aromatic rings. The molecule has 0 aliphatic carbocycles. The van der Waals surface area contributed by atoms with Gasteiger partial charge in [0.25, 0.3) is 0 Å². The van der Waals surface area contributed by atoms with E-state index in [-0.39, 0.29) is 11.5 Å². The highest BCUT2D eigenvalue weighted by atomic mass is 16.5. The topological polar surface area (TPSA) is 41.9 Å². The molecule has 148 valence electrons. The molecule has 0 fully saturated rings. The minimum Gasteiger partial charge on any atom is -0.465 e. The van der Waals surface area contributed by atoms with E-state index < -0.39 is 0 Å². The molecule has 4 nitrogen and oxygen atoms in total. The second kappa shape index (κ2) is 7.78. The number of hydrogen-bond acceptors (Lipinski definition) is 4. The van der Waals surface area contributed by atoms with Crippen molar-refractivity contribution in [2.75, 3.05) is 18.6 Å². The summed E-state index contributed by atoms with van der Waals surface area (Å²) in [5, 5.41) is 0. The maximum Gasteiger partial charge on any atom is 0.337 e. The molecule has 1 atom stereocenters. The number of carbonyl (C=O) groups excluding carboxylic acids is 1. The molecule has 1 aliphatic heterocycles. The highest BCUT2D eigenvalue weighted by Gasteiger charge is 2.35. The molecule has 2 aromatic carbocycles. The number of carbonyl (C=O) groups is 1. The Morgan fingerprint density at radius 2 is 2.04 bits per heavy atom. The summed E-state index contributed by atoms with van der Waals surface area (Å²) in [5.41, 5.74) is 6.27. The smallest absolute Gasteiger partial charge is 0.337 e. The van der Waals surface area contributed by atoms with Gasteiger partial charge in [0.2, 0.25) is 0 Å². The average molecular weight is 379 g/mol. The number of ether oxygens (including phenoxy) is 1. The Hall–Kier alpha value is -2.62. The summed E-state index contributed by atoms with van der Waals surface area (Å²) >= 11 is 0. The number of aryl methyl sites for hydroxylation is 1. The zero-order chi connectivity index (χ0) is 20.5. The Balaban J connectivity index is 1.93. The van der Waals surface area contributed by atoms with E-state index in [1.54, 1.807) is 12.1 Å². The quantitative estimate of drug-likeness (QED) is 0.510. The molecule has 0 bridgehead atoms. The SMILES string of the molecule is CCN1c2ccc(C=Nc3cc(C(=O)OC)ccc3C)cc2C(C)CC1(C)C. The molecule has 28 heavy (non-hydrogen) atoms. The number of nitrogens with zero attached hydrogens (tertiary/aromatic N) is 2. The van der Waals surface area contributed by atoms with Gasteiger partial charge < -0.3 is 9.64 Å². The van der Waals surface area contributed by atoms with Crippen LogP contribution in [0.2, 0.25) is 0 Å². The van der Waals surface area contributed by atoms with Crippen LogP contribution in [0.15, 0.2) is 41.4 Å². The van der Waals surface area contributed by atoms with Gasteiger partial charge in [0.15, 0.2) is 0 Å². The third kappa shape index (κ3) is 3.82. The van der Waals surface area contributed by atoms with Crippen LogP contribution in [0.5, 0.6) is 0 Å². The predicted molar refractivity (Wildman–Crippen MR) is 116 cm³/mol. The van der Waals surface area contributed by atoms with Crippen molar-refractivity contribution in [3.63, 3.8) is 0 Å². The molecule has 0 N–H and O–H groups in total. The number of rotatable bonds is 4. The molecule has 1 heterocycles. The summed E-state index contributed by atoms with van der Waals surface area (Å²) in [6.45, 7) is 12.2. The molecule has 0 radical (unpaired) electrons. The molecule has 1 aliphatic rings. The monoisotopic (exact) mass is 378 g/mol. The van der Waals surface area contributed by atoms with Crippen LogP contribution in [0, 0.1) is 6.92 Å². The fraction of sp³-hybridized carbons (Fsp3) is 0.417. The van der Waals surface area contributed by atoms with Crippen LogP contribution in [0.25, 0.3) is 0 Å². The molecule has 0 amide bonds. The number of esters is 1. The predicted octanol–water partition coefficient (Wildman–Crippen LogP) is 5.64. The van der Waals surface area contributed by atoms with E-state index in [1.165, 1.54) is 18.4 Å². The molecule has 0 saturated carbocycles. The molecular formula is C24H30N2O2. The lowest BCUT2D eigenvalue weighted by Gasteiger charge is -2.47. The first-order valence-electron chi connectivity index (χ1n) is 9.91. The van der Waals surface area contributed by atoms with Gasteiger partial charge in [-0.05, 0) is 81.0 Å². The van der Waals surface area contributed by atoms with Crippen LogP contribution in [0.3, 0.4) is 0 Å². The van der Waals surface area contributed by atoms with Crippen LogP contribution < -0.4 is 4.90 Å². The van der Waals surface area contributed by atoms with Crippen LogP contribution in [0.1, 0.15) is 67.1 Å². The van der Waals surface area contributed by atoms with Crippen LogP contribution >= 0.6 is 0 Å². The van der Waals surface area contributed by atoms with E-state index >= 15 is 0 Å². The summed E-state index contributed by atoms with van der Waals surface area (Å²) in [4.78, 5) is 18.9. The van der Waals surface area contributed by atoms with Crippen molar-refractivity contribution in [3.05, 3.63) is 58.7 Å². The van der Waals surface area contributed by atoms with Crippen molar-refractivity contribution >= 4 is 23.6 Å². The fourth-order valence-electron chi connectivity index (χ4n) is 4.33. The second-order valence-electron chi connectivity index (χ2n) is 8.23. The van der Waals surface area contributed by atoms with Crippen molar-refractivity contribution in [2.24, 2.45) is 4.99 Å². The zero-order valence-corrected chi connectivity index (χ0v) is 17.7. The molecule has 1 unspecified atom stereocenters. The Morgan fingerprint density at radius 1 is 1.29 bits per heavy atom. The van der Waals surface area contributed by atoms with Gasteiger partial charge in [-0.3, -0.25) is 4.99 Å². The van der Waals surface area contributed by atoms with E-state index in [1.807, 2.05) is 19.2 Å². The first-order chi connectivity index (χ1) is 13.3. The van der Waals surface area contributed by atoms with Gasteiger partial charge >= 0.3 is 5.97 Å². The normalized spacial score (nSPS) is 18.2. The second-order valence-corrected chi connectivity index (χ2v) is 8.23. The van der Waals surface area contributed by atoms with Gasteiger partial charge in [-0.2, -0.15) is 0 Å². The standard InChI is InChI=1S/C24H30N2O2/c1-7-26-22-11-9-18(12-20(22)17(3)14-24(26,4)5)15-25-21-13-19(23(27)28-6)10-8-16(21)2/h8-13,15,17H,7,14H2,1-6H3. The van der Waals surface area contributed by atoms with Crippen molar-refractivity contribution in [1.29, 1.82) is 0 Å². The Bertz CT molecular complexity index is 915. The van der Waals surface area contributed by atoms with Crippen molar-refractivity contribution in [3.8, 4) is 0 Å². The lowest BCUT2D eigenvalue weighted by molar-refractivity contribution is 0.0601. The average Bonchev–Trinajstić information content (AvgIpc) is 2.66. The highest BCUT2D eigenvalue weighted by Crippen LogP contribution is 2.43. The van der Waals surface area contributed by atoms with Gasteiger partial charge in [-0.25, -0.2) is 4.79 Å². The van der Waals surface area contributed by atoms with E-state index in [2.05, 4.69) is 55.8 Å². The minimum absolute atomic E-state index is 0.169. The van der Waals surface area contributed by atoms with E-state index in [0.717, 1.165) is 29.8 Å². The van der Waals surface area contributed by atoms with E-state index in [9.17, 15) is 4.79 Å². The summed E-state index contributed by atoms with van der Waals surface area (Å²) in [7, 11) is 1.39. The van der Waals surface area contributed by atoms with Gasteiger partial charge in [0, 0.05) is 24.0 Å². The number of benzene rings is 2. The maximum atomic E-state index is 11.8. The third-order valence-corrected chi connectivity index (χ3v) is 5.71. The highest BCUT2D eigenvalue weighted by molar-refractivity contribution is 5.91. The third-order valence-electron chi connectivity index (χ3n) is 5.71. The number of anilines is 1. The molecule has 0 aromatic heterocycles. The van der Waals surface area contributed by atoms with Crippen LogP contribution in [0.4, 0.5) is 11.4 Å². The number of aliphatic imine (C=N–C) groups is 1. The van der Waals surface area contributed by atoms with Crippen LogP contribution in [-0.2, 0) is 4.74 Å². The number of hydrogen-bond donors (Lipinski definition) is 0. The molecular weight excluding hydrogens is 348 g/mol. The van der Waals surface area contributed by atoms with Crippen molar-refractivity contribution < 1.29 is 9.53 Å². The molecule has 3 rings (SSSR count). The Kier molecular flexibility index (Phi) is 5.59. The van der Waals surface area contributed by atoms with Gasteiger partial charge in [0.05, 0.1) is 18.4 Å². The number of fused-ring (bicyclic) bond motifs is 1. The van der Waals surface area contributed by atoms with Gasteiger partial charge in [-0.15, -0.1) is 0 Å². The van der Waals surface area contributed by atoms with Crippen molar-refractivity contribution in [1.82, 2.24) is 0 Å². The van der Waals surface area contributed by atoms with Gasteiger partial charge in [0.1, 0.15) is 0 Å². The maximum absolute atomic E-state index is 11.8. The van der Waals surface area contributed by atoms with E-state index in [4.69, 9.17) is 4.74 Å². The van der Waals surface area contributed by atoms with Crippen LogP contribution in [-0.4, -0.2) is 31.4 Å². The van der Waals surface area contributed by atoms with Crippen molar-refractivity contribution in [2.45, 2.75) is 52.5 Å². The lowest BCUT2D eigenvalue weighted by Crippen LogP contribution is -2.48. The van der Waals surface area contributed by atoms with Gasteiger partial charge in [-0.1, -0.05) is 19.1 Å². The summed E-state index contributed by atoms with van der Waals surface area (Å²) in [5.74, 6) is 0.159. The Labute approximate surface area is 168 Å². The number of methoxy groups -OCH3 is 1. The first-order valence-corrected chi connectivity index (χ1v) is 9.91. The summed E-state index contributed by atoms with van der Waals surface area (Å²) < 4.78 is 4.81. The largest absolute Gasteiger partial charge is 0.465 e. The summed E-state index contributed by atoms with van der Waals surface area (Å²) in [6.07, 6.45) is 3.02. The summed E-state index contributed by atoms with van der Waals surface area (Å²) in [6, 6.07) is 12.0. The first kappa shape index (κ1) is 20.1.